The molecule has 1 aromatic heterocycles. The summed E-state index contributed by atoms with van der Waals surface area (Å²) in [7, 11) is 2.01. The highest BCUT2D eigenvalue weighted by molar-refractivity contribution is 6.36. The molecule has 3 rings (SSSR count). The summed E-state index contributed by atoms with van der Waals surface area (Å²) in [6.45, 7) is 2.80. The molecule has 0 radical (unpaired) electrons. The number of rotatable bonds is 4. The average molecular weight is 325 g/mol. The first-order chi connectivity index (χ1) is 10.1. The minimum atomic E-state index is 0.464. The van der Waals surface area contributed by atoms with Crippen LogP contribution in [0.4, 0.5) is 5.69 Å². The predicted octanol–water partition coefficient (Wildman–Crippen LogP) is 3.10. The maximum atomic E-state index is 6.28. The molecule has 0 amide bonds. The number of anilines is 1. The number of aromatic nitrogens is 2. The van der Waals surface area contributed by atoms with Crippen LogP contribution in [0.2, 0.25) is 10.0 Å². The van der Waals surface area contributed by atoms with Gasteiger partial charge in [-0.3, -0.25) is 0 Å². The summed E-state index contributed by atoms with van der Waals surface area (Å²) in [4.78, 5) is 6.44. The van der Waals surface area contributed by atoms with E-state index in [1.165, 1.54) is 5.69 Å². The Morgan fingerprint density at radius 1 is 1.38 bits per heavy atom. The van der Waals surface area contributed by atoms with Gasteiger partial charge in [0.25, 0.3) is 0 Å². The van der Waals surface area contributed by atoms with Crippen LogP contribution < -0.4 is 10.2 Å². The van der Waals surface area contributed by atoms with Gasteiger partial charge in [0.1, 0.15) is 0 Å². The van der Waals surface area contributed by atoms with Gasteiger partial charge in [-0.05, 0) is 24.6 Å². The van der Waals surface area contributed by atoms with E-state index in [9.17, 15) is 0 Å². The van der Waals surface area contributed by atoms with Crippen molar-refractivity contribution in [1.29, 1.82) is 0 Å². The third kappa shape index (κ3) is 3.34. The molecule has 1 atom stereocenters. The van der Waals surface area contributed by atoms with Gasteiger partial charge in [0, 0.05) is 43.9 Å². The third-order valence-corrected chi connectivity index (χ3v) is 4.46. The van der Waals surface area contributed by atoms with Crippen LogP contribution in [0.3, 0.4) is 0 Å². The average Bonchev–Trinajstić information content (AvgIpc) is 3.05. The van der Waals surface area contributed by atoms with E-state index in [-0.39, 0.29) is 0 Å². The molecule has 1 aliphatic rings. The SMILES string of the molecule is Cn1cncc1CN[C@H]1CCN(c2ccc(Cl)cc2Cl)C1. The quantitative estimate of drug-likeness (QED) is 0.938. The van der Waals surface area contributed by atoms with Crippen molar-refractivity contribution >= 4 is 28.9 Å². The number of aryl methyl sites for hydroxylation is 1. The van der Waals surface area contributed by atoms with E-state index in [0.717, 1.165) is 36.8 Å². The van der Waals surface area contributed by atoms with Crippen LogP contribution in [0, 0.1) is 0 Å². The highest BCUT2D eigenvalue weighted by Crippen LogP contribution is 2.31. The molecule has 2 heterocycles. The van der Waals surface area contributed by atoms with Crippen molar-refractivity contribution in [3.63, 3.8) is 0 Å². The van der Waals surface area contributed by atoms with E-state index in [4.69, 9.17) is 23.2 Å². The molecule has 0 aliphatic carbocycles. The largest absolute Gasteiger partial charge is 0.369 e. The molecule has 1 N–H and O–H groups in total. The lowest BCUT2D eigenvalue weighted by Crippen LogP contribution is -2.32. The molecule has 0 unspecified atom stereocenters. The fraction of sp³-hybridized carbons (Fsp3) is 0.400. The second-order valence-corrected chi connectivity index (χ2v) is 6.25. The third-order valence-electron chi connectivity index (χ3n) is 3.93. The van der Waals surface area contributed by atoms with Gasteiger partial charge in [-0.25, -0.2) is 4.98 Å². The minimum absolute atomic E-state index is 0.464. The number of hydrogen-bond acceptors (Lipinski definition) is 3. The molecule has 0 saturated carbocycles. The van der Waals surface area contributed by atoms with Crippen LogP contribution in [-0.4, -0.2) is 28.7 Å². The normalized spacial score (nSPS) is 18.4. The summed E-state index contributed by atoms with van der Waals surface area (Å²) in [6, 6.07) is 6.15. The molecule has 1 fully saturated rings. The molecule has 4 nitrogen and oxygen atoms in total. The van der Waals surface area contributed by atoms with Crippen molar-refractivity contribution in [3.8, 4) is 0 Å². The van der Waals surface area contributed by atoms with Crippen molar-refractivity contribution < 1.29 is 0 Å². The smallest absolute Gasteiger partial charge is 0.0945 e. The molecule has 1 aromatic carbocycles. The zero-order valence-electron chi connectivity index (χ0n) is 11.9. The summed E-state index contributed by atoms with van der Waals surface area (Å²) >= 11 is 12.2. The Labute approximate surface area is 134 Å². The number of halogens is 2. The molecule has 0 spiro atoms. The highest BCUT2D eigenvalue weighted by atomic mass is 35.5. The van der Waals surface area contributed by atoms with Crippen LogP contribution in [0.1, 0.15) is 12.1 Å². The van der Waals surface area contributed by atoms with Gasteiger partial charge in [0.15, 0.2) is 0 Å². The Morgan fingerprint density at radius 2 is 2.24 bits per heavy atom. The second-order valence-electron chi connectivity index (χ2n) is 5.40. The number of hydrogen-bond donors (Lipinski definition) is 1. The Morgan fingerprint density at radius 3 is 2.95 bits per heavy atom. The minimum Gasteiger partial charge on any atom is -0.369 e. The van der Waals surface area contributed by atoms with Crippen LogP contribution in [0.5, 0.6) is 0 Å². The number of benzene rings is 1. The summed E-state index contributed by atoms with van der Waals surface area (Å²) in [5.41, 5.74) is 2.25. The van der Waals surface area contributed by atoms with Crippen LogP contribution in [0.25, 0.3) is 0 Å². The molecule has 6 heteroatoms. The van der Waals surface area contributed by atoms with E-state index in [0.29, 0.717) is 11.1 Å². The molecule has 2 aromatic rings. The molecule has 0 bridgehead atoms. The standard InChI is InChI=1S/C15H18Cl2N4/c1-20-10-18-7-13(20)8-19-12-4-5-21(9-12)15-3-2-11(16)6-14(15)17/h2-3,6-7,10,12,19H,4-5,8-9H2,1H3/t12-/m0/s1. The molecule has 21 heavy (non-hydrogen) atoms. The van der Waals surface area contributed by atoms with Crippen molar-refractivity contribution in [2.75, 3.05) is 18.0 Å². The fourth-order valence-electron chi connectivity index (χ4n) is 2.69. The zero-order chi connectivity index (χ0) is 14.8. The topological polar surface area (TPSA) is 33.1 Å². The van der Waals surface area contributed by atoms with E-state index in [2.05, 4.69) is 15.2 Å². The molecular weight excluding hydrogens is 307 g/mol. The summed E-state index contributed by atoms with van der Waals surface area (Å²) < 4.78 is 2.04. The van der Waals surface area contributed by atoms with Crippen LogP contribution in [-0.2, 0) is 13.6 Å². The van der Waals surface area contributed by atoms with Crippen molar-refractivity contribution in [2.24, 2.45) is 7.05 Å². The number of imidazole rings is 1. The first kappa shape index (κ1) is 14.7. The zero-order valence-corrected chi connectivity index (χ0v) is 13.4. The molecule has 1 saturated heterocycles. The van der Waals surface area contributed by atoms with Gasteiger partial charge in [0.05, 0.1) is 22.7 Å². The van der Waals surface area contributed by atoms with Crippen LogP contribution in [0.15, 0.2) is 30.7 Å². The summed E-state index contributed by atoms with van der Waals surface area (Å²) in [5.74, 6) is 0. The summed E-state index contributed by atoms with van der Waals surface area (Å²) in [5, 5.41) is 4.98. The second kappa shape index (κ2) is 6.26. The van der Waals surface area contributed by atoms with Gasteiger partial charge < -0.3 is 14.8 Å². The molecule has 1 aliphatic heterocycles. The number of nitrogens with one attached hydrogen (secondary N) is 1. The van der Waals surface area contributed by atoms with Crippen molar-refractivity contribution in [2.45, 2.75) is 19.0 Å². The van der Waals surface area contributed by atoms with E-state index >= 15 is 0 Å². The van der Waals surface area contributed by atoms with E-state index in [1.807, 2.05) is 36.3 Å². The maximum absolute atomic E-state index is 6.28. The Kier molecular flexibility index (Phi) is 4.38. The monoisotopic (exact) mass is 324 g/mol. The van der Waals surface area contributed by atoms with Crippen molar-refractivity contribution in [1.82, 2.24) is 14.9 Å². The Bertz CT molecular complexity index is 626. The lowest BCUT2D eigenvalue weighted by atomic mass is 10.2. The lowest BCUT2D eigenvalue weighted by molar-refractivity contribution is 0.538. The van der Waals surface area contributed by atoms with Gasteiger partial charge in [-0.2, -0.15) is 0 Å². The fourth-order valence-corrected chi connectivity index (χ4v) is 3.22. The van der Waals surface area contributed by atoms with Gasteiger partial charge in [0.2, 0.25) is 0 Å². The Balaban J connectivity index is 1.59. The first-order valence-electron chi connectivity index (χ1n) is 7.02. The van der Waals surface area contributed by atoms with E-state index in [1.54, 1.807) is 6.07 Å². The highest BCUT2D eigenvalue weighted by Gasteiger charge is 2.23. The first-order valence-corrected chi connectivity index (χ1v) is 7.77. The molecular formula is C15H18Cl2N4. The number of nitrogens with zero attached hydrogens (tertiary/aromatic N) is 3. The lowest BCUT2D eigenvalue weighted by Gasteiger charge is -2.20. The van der Waals surface area contributed by atoms with Crippen molar-refractivity contribution in [3.05, 3.63) is 46.5 Å². The van der Waals surface area contributed by atoms with Crippen LogP contribution >= 0.6 is 23.2 Å². The Hall–Kier alpha value is -1.23. The van der Waals surface area contributed by atoms with Gasteiger partial charge >= 0.3 is 0 Å². The van der Waals surface area contributed by atoms with E-state index < -0.39 is 0 Å². The maximum Gasteiger partial charge on any atom is 0.0945 e. The van der Waals surface area contributed by atoms with Gasteiger partial charge in [-0.15, -0.1) is 0 Å². The summed E-state index contributed by atoms with van der Waals surface area (Å²) in [6.07, 6.45) is 4.83. The molecule has 112 valence electrons. The van der Waals surface area contributed by atoms with Gasteiger partial charge in [-0.1, -0.05) is 23.2 Å². The predicted molar refractivity (Wildman–Crippen MR) is 87.1 cm³/mol.